The molecule has 0 bridgehead atoms. The second-order valence-electron chi connectivity index (χ2n) is 5.82. The second-order valence-corrected chi connectivity index (χ2v) is 7.59. The van der Waals surface area contributed by atoms with Crippen LogP contribution in [0.3, 0.4) is 0 Å². The maximum atomic E-state index is 11.8. The molecule has 1 unspecified atom stereocenters. The first-order valence-electron chi connectivity index (χ1n) is 8.07. The van der Waals surface area contributed by atoms with Crippen LogP contribution >= 0.6 is 12.4 Å². The summed E-state index contributed by atoms with van der Waals surface area (Å²) in [6.45, 7) is 4.58. The van der Waals surface area contributed by atoms with Gasteiger partial charge in [-0.1, -0.05) is 19.1 Å². The van der Waals surface area contributed by atoms with Crippen LogP contribution in [0.5, 0.6) is 0 Å². The van der Waals surface area contributed by atoms with Crippen molar-refractivity contribution in [2.24, 2.45) is 5.92 Å². The van der Waals surface area contributed by atoms with Crippen molar-refractivity contribution in [1.29, 1.82) is 0 Å². The van der Waals surface area contributed by atoms with E-state index in [1.807, 2.05) is 0 Å². The number of benzene rings is 1. The van der Waals surface area contributed by atoms with Gasteiger partial charge in [0.2, 0.25) is 15.9 Å². The predicted octanol–water partition coefficient (Wildman–Crippen LogP) is 1.41. The maximum absolute atomic E-state index is 11.8. The monoisotopic (exact) mass is 375 g/mol. The molecule has 6 nitrogen and oxygen atoms in total. The molecule has 3 N–H and O–H groups in total. The van der Waals surface area contributed by atoms with Crippen LogP contribution in [-0.4, -0.2) is 34.0 Å². The molecule has 0 spiro atoms. The smallest absolute Gasteiger partial charge is 0.240 e. The molecule has 1 aliphatic rings. The lowest BCUT2D eigenvalue weighted by Crippen LogP contribution is -2.24. The summed E-state index contributed by atoms with van der Waals surface area (Å²) >= 11 is 0. The van der Waals surface area contributed by atoms with Gasteiger partial charge >= 0.3 is 0 Å². The fraction of sp³-hybridized carbons (Fsp3) is 0.562. The van der Waals surface area contributed by atoms with Gasteiger partial charge in [0.1, 0.15) is 0 Å². The van der Waals surface area contributed by atoms with Crippen molar-refractivity contribution >= 4 is 28.3 Å². The lowest BCUT2D eigenvalue weighted by atomic mass is 10.0. The minimum Gasteiger partial charge on any atom is -0.352 e. The maximum Gasteiger partial charge on any atom is 0.240 e. The highest BCUT2D eigenvalue weighted by molar-refractivity contribution is 7.89. The first-order chi connectivity index (χ1) is 11.0. The van der Waals surface area contributed by atoms with Crippen molar-refractivity contribution in [2.75, 3.05) is 19.6 Å². The summed E-state index contributed by atoms with van der Waals surface area (Å²) in [5.74, 6) is 0.651. The van der Waals surface area contributed by atoms with E-state index in [0.29, 0.717) is 25.4 Å². The van der Waals surface area contributed by atoms with Gasteiger partial charge in [-0.05, 0) is 49.5 Å². The highest BCUT2D eigenvalue weighted by Gasteiger charge is 2.15. The molecule has 1 aromatic carbocycles. The highest BCUT2D eigenvalue weighted by Crippen LogP contribution is 2.14. The van der Waals surface area contributed by atoms with Gasteiger partial charge in [-0.2, -0.15) is 0 Å². The lowest BCUT2D eigenvalue weighted by molar-refractivity contribution is -0.121. The number of nitrogens with one attached hydrogen (secondary N) is 3. The van der Waals surface area contributed by atoms with Gasteiger partial charge in [0, 0.05) is 19.5 Å². The Morgan fingerprint density at radius 2 is 2.00 bits per heavy atom. The van der Waals surface area contributed by atoms with E-state index in [1.54, 1.807) is 31.2 Å². The number of hydrogen-bond acceptors (Lipinski definition) is 4. The van der Waals surface area contributed by atoms with Crippen LogP contribution in [0.1, 0.15) is 31.7 Å². The second kappa shape index (κ2) is 9.98. The topological polar surface area (TPSA) is 87.3 Å². The number of amides is 1. The number of hydrogen-bond donors (Lipinski definition) is 3. The Morgan fingerprint density at radius 3 is 2.58 bits per heavy atom. The third-order valence-corrected chi connectivity index (χ3v) is 5.56. The molecule has 0 radical (unpaired) electrons. The fourth-order valence-corrected chi connectivity index (χ4v) is 3.69. The molecule has 8 heteroatoms. The molecule has 1 saturated heterocycles. The summed E-state index contributed by atoms with van der Waals surface area (Å²) in [5, 5.41) is 6.18. The van der Waals surface area contributed by atoms with Crippen molar-refractivity contribution in [1.82, 2.24) is 15.4 Å². The minimum atomic E-state index is -3.42. The summed E-state index contributed by atoms with van der Waals surface area (Å²) < 4.78 is 26.1. The third-order valence-electron chi connectivity index (χ3n) is 4.00. The Balaban J connectivity index is 0.00000288. The van der Waals surface area contributed by atoms with E-state index in [2.05, 4.69) is 15.4 Å². The zero-order valence-electron chi connectivity index (χ0n) is 13.9. The molecule has 2 rings (SSSR count). The molecule has 1 fully saturated rings. The number of carbonyl (C=O) groups is 1. The summed E-state index contributed by atoms with van der Waals surface area (Å²) in [6, 6.07) is 6.57. The number of carbonyl (C=O) groups excluding carboxylic acids is 1. The Kier molecular flexibility index (Phi) is 8.69. The zero-order chi connectivity index (χ0) is 16.7. The van der Waals surface area contributed by atoms with Crippen LogP contribution in [0.25, 0.3) is 0 Å². The Hall–Kier alpha value is -1.15. The van der Waals surface area contributed by atoms with Crippen molar-refractivity contribution in [3.8, 4) is 0 Å². The van der Waals surface area contributed by atoms with Gasteiger partial charge < -0.3 is 10.6 Å². The summed E-state index contributed by atoms with van der Waals surface area (Å²) in [4.78, 5) is 12.1. The summed E-state index contributed by atoms with van der Waals surface area (Å²) in [5.41, 5.74) is 0.885. The van der Waals surface area contributed by atoms with E-state index < -0.39 is 10.0 Å². The van der Waals surface area contributed by atoms with Crippen molar-refractivity contribution < 1.29 is 13.2 Å². The normalized spacial score (nSPS) is 17.3. The van der Waals surface area contributed by atoms with Crippen molar-refractivity contribution in [2.45, 2.75) is 37.6 Å². The van der Waals surface area contributed by atoms with Gasteiger partial charge in [0.05, 0.1) is 4.90 Å². The predicted molar refractivity (Wildman–Crippen MR) is 96.6 cm³/mol. The molecule has 0 aliphatic carbocycles. The Bertz CT molecular complexity index is 614. The first kappa shape index (κ1) is 20.9. The molecule has 24 heavy (non-hydrogen) atoms. The third kappa shape index (κ3) is 6.39. The molecule has 136 valence electrons. The molecule has 0 saturated carbocycles. The molecule has 1 aliphatic heterocycles. The Morgan fingerprint density at radius 1 is 1.29 bits per heavy atom. The average Bonchev–Trinajstić information content (AvgIpc) is 3.05. The van der Waals surface area contributed by atoms with Gasteiger partial charge in [-0.25, -0.2) is 13.1 Å². The molecule has 1 amide bonds. The molecule has 1 heterocycles. The molecule has 1 aromatic rings. The van der Waals surface area contributed by atoms with Crippen LogP contribution in [-0.2, 0) is 21.4 Å². The van der Waals surface area contributed by atoms with E-state index in [9.17, 15) is 13.2 Å². The number of sulfonamides is 1. The van der Waals surface area contributed by atoms with E-state index >= 15 is 0 Å². The van der Waals surface area contributed by atoms with E-state index in [0.717, 1.165) is 31.5 Å². The molecule has 0 aromatic heterocycles. The van der Waals surface area contributed by atoms with Crippen LogP contribution in [0, 0.1) is 5.92 Å². The zero-order valence-corrected chi connectivity index (χ0v) is 15.5. The minimum absolute atomic E-state index is 0. The Labute approximate surface area is 150 Å². The van der Waals surface area contributed by atoms with Crippen LogP contribution in [0.4, 0.5) is 0 Å². The molecular formula is C16H26ClN3O3S. The molecule has 1 atom stereocenters. The highest BCUT2D eigenvalue weighted by atomic mass is 35.5. The van der Waals surface area contributed by atoms with E-state index in [4.69, 9.17) is 0 Å². The van der Waals surface area contributed by atoms with Gasteiger partial charge in [0.25, 0.3) is 0 Å². The van der Waals surface area contributed by atoms with Crippen LogP contribution < -0.4 is 15.4 Å². The van der Waals surface area contributed by atoms with Gasteiger partial charge in [0.15, 0.2) is 0 Å². The fourth-order valence-electron chi connectivity index (χ4n) is 2.64. The van der Waals surface area contributed by atoms with Gasteiger partial charge in [-0.15, -0.1) is 12.4 Å². The van der Waals surface area contributed by atoms with Gasteiger partial charge in [-0.3, -0.25) is 4.79 Å². The largest absolute Gasteiger partial charge is 0.352 e. The number of halogens is 1. The lowest BCUT2D eigenvalue weighted by Gasteiger charge is -2.09. The average molecular weight is 376 g/mol. The SMILES string of the molecule is CCNS(=O)(=O)c1ccc(CNC(=O)CCC2CCNC2)cc1.Cl. The summed E-state index contributed by atoms with van der Waals surface area (Å²) in [6.07, 6.45) is 2.60. The van der Waals surface area contributed by atoms with E-state index in [-0.39, 0.29) is 23.2 Å². The van der Waals surface area contributed by atoms with Crippen LogP contribution in [0.2, 0.25) is 0 Å². The van der Waals surface area contributed by atoms with E-state index in [1.165, 1.54) is 0 Å². The van der Waals surface area contributed by atoms with Crippen molar-refractivity contribution in [3.63, 3.8) is 0 Å². The van der Waals surface area contributed by atoms with Crippen molar-refractivity contribution in [3.05, 3.63) is 29.8 Å². The quantitative estimate of drug-likeness (QED) is 0.641. The summed E-state index contributed by atoms with van der Waals surface area (Å²) in [7, 11) is -3.42. The first-order valence-corrected chi connectivity index (χ1v) is 9.55. The molecular weight excluding hydrogens is 350 g/mol. The standard InChI is InChI=1S/C16H25N3O3S.ClH/c1-2-19-23(21,22)15-6-3-13(4-7-15)12-18-16(20)8-5-14-9-10-17-11-14;/h3-4,6-7,14,17,19H,2,5,8-12H2,1H3,(H,18,20);1H. The number of rotatable bonds is 8. The van der Waals surface area contributed by atoms with Crippen LogP contribution in [0.15, 0.2) is 29.2 Å².